The van der Waals surface area contributed by atoms with Gasteiger partial charge in [0.15, 0.2) is 0 Å². The van der Waals surface area contributed by atoms with Crippen molar-refractivity contribution in [3.05, 3.63) is 0 Å². The Morgan fingerprint density at radius 2 is 1.22 bits per heavy atom. The van der Waals surface area contributed by atoms with Gasteiger partial charge >= 0.3 is 0 Å². The van der Waals surface area contributed by atoms with Crippen LogP contribution in [0.4, 0.5) is 0 Å². The van der Waals surface area contributed by atoms with Gasteiger partial charge in [0.1, 0.15) is 0 Å². The Labute approximate surface area is 148 Å². The average Bonchev–Trinajstić information content (AvgIpc) is 2.63. The smallest absolute Gasteiger partial charge is 0.00982 e. The van der Waals surface area contributed by atoms with Crippen LogP contribution in [-0.4, -0.2) is 48.6 Å². The molecule has 5 rings (SSSR count). The second-order valence-electron chi connectivity index (χ2n) is 8.27. The minimum atomic E-state index is 0. The Hall–Kier alpha value is -0.0800. The Bertz CT molecular complexity index is 292. The highest BCUT2D eigenvalue weighted by Gasteiger charge is 2.37. The van der Waals surface area contributed by atoms with Gasteiger partial charge < -0.3 is 9.80 Å². The molecule has 4 heterocycles. The van der Waals surface area contributed by atoms with Crippen molar-refractivity contribution in [3.63, 3.8) is 0 Å². The molecule has 0 radical (unpaired) electrons. The maximum Gasteiger partial charge on any atom is 0.00982 e. The van der Waals surface area contributed by atoms with Crippen LogP contribution >= 0.6 is 0 Å². The van der Waals surface area contributed by atoms with E-state index < -0.39 is 0 Å². The second-order valence-corrected chi connectivity index (χ2v) is 8.27. The zero-order chi connectivity index (χ0) is 14.3. The van der Waals surface area contributed by atoms with Gasteiger partial charge in [0, 0.05) is 24.7 Å². The van der Waals surface area contributed by atoms with Crippen LogP contribution in [-0.2, 0) is 0 Å². The molecule has 0 N–H and O–H groups in total. The normalized spacial score (nSPS) is 41.7. The maximum atomic E-state index is 2.60. The summed E-state index contributed by atoms with van der Waals surface area (Å²) < 4.78 is 0. The number of hydrogen-bond donors (Lipinski definition) is 0. The highest BCUT2D eigenvalue weighted by Crippen LogP contribution is 2.38. The van der Waals surface area contributed by atoms with Crippen LogP contribution in [0.15, 0.2) is 0 Å². The van der Waals surface area contributed by atoms with Crippen molar-refractivity contribution in [2.45, 2.75) is 99.2 Å². The molecule has 23 heavy (non-hydrogen) atoms. The third kappa shape index (κ3) is 4.95. The lowest BCUT2D eigenvalue weighted by molar-refractivity contribution is 0.0310. The predicted octanol–water partition coefficient (Wildman–Crippen LogP) is 5.52. The summed E-state index contributed by atoms with van der Waals surface area (Å²) in [4.78, 5) is 5.15. The van der Waals surface area contributed by atoms with E-state index in [1.165, 1.54) is 51.5 Å². The molecule has 5 fully saturated rings. The largest absolute Gasteiger partial charge is 0.303 e. The van der Waals surface area contributed by atoms with E-state index in [1.807, 2.05) is 0 Å². The molecule has 0 aromatic rings. The summed E-state index contributed by atoms with van der Waals surface area (Å²) in [7, 11) is 4.58. The molecule has 0 amide bonds. The fourth-order valence-corrected chi connectivity index (χ4v) is 5.30. The first-order valence-electron chi connectivity index (χ1n) is 8.96. The van der Waals surface area contributed by atoms with Gasteiger partial charge in [-0.2, -0.15) is 0 Å². The number of fused-ring (bicyclic) bond motifs is 5. The van der Waals surface area contributed by atoms with Gasteiger partial charge in [-0.15, -0.1) is 0 Å². The van der Waals surface area contributed by atoms with E-state index in [4.69, 9.17) is 0 Å². The molecule has 2 heteroatoms. The Kier molecular flexibility index (Phi) is 9.38. The molecule has 0 aromatic heterocycles. The summed E-state index contributed by atoms with van der Waals surface area (Å²) in [5.74, 6) is 3.03. The standard InChI is InChI=1S/2C9H17N.3CH4/c1-7-5-9-4-3-8(7)6-10(9)2;1-7-5-8-3-4-9(6-7)10(8)2;;;/h2*7-9H,3-6H2,1-2H3;3*1H4. The van der Waals surface area contributed by atoms with Gasteiger partial charge in [-0.25, -0.2) is 0 Å². The van der Waals surface area contributed by atoms with Crippen molar-refractivity contribution in [1.29, 1.82) is 0 Å². The average molecular weight is 327 g/mol. The second kappa shape index (κ2) is 9.42. The molecule has 140 valence electrons. The minimum Gasteiger partial charge on any atom is -0.303 e. The van der Waals surface area contributed by atoms with Gasteiger partial charge in [0.2, 0.25) is 0 Å². The summed E-state index contributed by atoms with van der Waals surface area (Å²) in [6, 6.07) is 2.81. The van der Waals surface area contributed by atoms with Crippen molar-refractivity contribution in [2.75, 3.05) is 20.6 Å². The fourth-order valence-electron chi connectivity index (χ4n) is 5.30. The molecule has 2 nitrogen and oxygen atoms in total. The van der Waals surface area contributed by atoms with Crippen molar-refractivity contribution < 1.29 is 0 Å². The van der Waals surface area contributed by atoms with Crippen LogP contribution in [0.2, 0.25) is 0 Å². The number of rotatable bonds is 0. The van der Waals surface area contributed by atoms with Crippen LogP contribution in [0, 0.1) is 17.8 Å². The van der Waals surface area contributed by atoms with Gasteiger partial charge in [-0.05, 0) is 76.8 Å². The van der Waals surface area contributed by atoms with E-state index in [0.717, 1.165) is 35.9 Å². The molecule has 1 saturated carbocycles. The van der Waals surface area contributed by atoms with Gasteiger partial charge in [0.05, 0.1) is 0 Å². The lowest BCUT2D eigenvalue weighted by Crippen LogP contribution is -2.49. The summed E-state index contributed by atoms with van der Waals surface area (Å²) in [5, 5.41) is 0. The zero-order valence-electron chi connectivity index (χ0n) is 14.0. The molecule has 1 aliphatic carbocycles. The molecule has 5 aliphatic rings. The summed E-state index contributed by atoms with van der Waals surface area (Å²) in [5.41, 5.74) is 0. The van der Waals surface area contributed by atoms with E-state index in [-0.39, 0.29) is 22.3 Å². The topological polar surface area (TPSA) is 6.48 Å². The summed E-state index contributed by atoms with van der Waals surface area (Å²) in [6.45, 7) is 6.19. The van der Waals surface area contributed by atoms with Crippen LogP contribution in [0.3, 0.4) is 0 Å². The first-order valence-corrected chi connectivity index (χ1v) is 8.96. The van der Waals surface area contributed by atoms with Crippen LogP contribution < -0.4 is 0 Å². The Balaban J connectivity index is 0.000000372. The van der Waals surface area contributed by atoms with Crippen LogP contribution in [0.25, 0.3) is 0 Å². The third-order valence-electron chi connectivity index (χ3n) is 6.80. The van der Waals surface area contributed by atoms with Crippen LogP contribution in [0.1, 0.15) is 81.1 Å². The summed E-state index contributed by atoms with van der Waals surface area (Å²) in [6.07, 6.45) is 10.2. The van der Waals surface area contributed by atoms with E-state index >= 15 is 0 Å². The van der Waals surface area contributed by atoms with Crippen molar-refractivity contribution in [1.82, 2.24) is 9.80 Å². The lowest BCUT2D eigenvalue weighted by Gasteiger charge is -2.47. The van der Waals surface area contributed by atoms with Crippen LogP contribution in [0.5, 0.6) is 0 Å². The molecular weight excluding hydrogens is 280 g/mol. The minimum absolute atomic E-state index is 0. The maximum absolute atomic E-state index is 2.60. The van der Waals surface area contributed by atoms with Crippen molar-refractivity contribution in [2.24, 2.45) is 17.8 Å². The first-order chi connectivity index (χ1) is 9.54. The van der Waals surface area contributed by atoms with E-state index in [1.54, 1.807) is 0 Å². The fraction of sp³-hybridized carbons (Fsp3) is 1.00. The molecule has 4 saturated heterocycles. The molecule has 4 bridgehead atoms. The highest BCUT2D eigenvalue weighted by molar-refractivity contribution is 4.92. The SMILES string of the molecule is C.C.C.CC1CC2CCC(C1)N2C.CC1CC2CCC1CN2C. The number of nitrogens with zero attached hydrogens (tertiary/aromatic N) is 2. The molecule has 4 aliphatic heterocycles. The van der Waals surface area contributed by atoms with E-state index in [9.17, 15) is 0 Å². The zero-order valence-corrected chi connectivity index (χ0v) is 14.0. The van der Waals surface area contributed by atoms with E-state index in [2.05, 4.69) is 37.7 Å². The quantitative estimate of drug-likeness (QED) is 0.578. The van der Waals surface area contributed by atoms with Gasteiger partial charge in [-0.1, -0.05) is 36.1 Å². The Morgan fingerprint density at radius 3 is 1.57 bits per heavy atom. The molecular formula is C21H46N2. The van der Waals surface area contributed by atoms with E-state index in [0.29, 0.717) is 0 Å². The van der Waals surface area contributed by atoms with Crippen molar-refractivity contribution in [3.8, 4) is 0 Å². The first kappa shape index (κ1) is 22.9. The summed E-state index contributed by atoms with van der Waals surface area (Å²) >= 11 is 0. The number of piperidine rings is 3. The predicted molar refractivity (Wildman–Crippen MR) is 106 cm³/mol. The number of hydrogen-bond acceptors (Lipinski definition) is 2. The molecule has 0 spiro atoms. The van der Waals surface area contributed by atoms with Gasteiger partial charge in [-0.3, -0.25) is 0 Å². The molecule has 5 atom stereocenters. The monoisotopic (exact) mass is 326 g/mol. The molecule has 5 unspecified atom stereocenters. The Morgan fingerprint density at radius 1 is 0.696 bits per heavy atom. The highest BCUT2D eigenvalue weighted by atomic mass is 15.2. The molecule has 0 aromatic carbocycles. The third-order valence-corrected chi connectivity index (χ3v) is 6.80. The lowest BCUT2D eigenvalue weighted by atomic mass is 9.73. The van der Waals surface area contributed by atoms with Crippen molar-refractivity contribution >= 4 is 0 Å². The van der Waals surface area contributed by atoms with Gasteiger partial charge in [0.25, 0.3) is 0 Å².